The van der Waals surface area contributed by atoms with Crippen molar-refractivity contribution in [1.29, 1.82) is 0 Å². The fraction of sp³-hybridized carbons (Fsp3) is 0.333. The smallest absolute Gasteiger partial charge is 0.293 e. The topological polar surface area (TPSA) is 111 Å². The number of nitrogens with zero attached hydrogens (tertiary/aromatic N) is 5. The largest absolute Gasteiger partial charge is 0.398 e. The normalized spacial score (nSPS) is 13.8. The first-order chi connectivity index (χ1) is 14.6. The first-order valence-electron chi connectivity index (χ1n) is 9.79. The Morgan fingerprint density at radius 1 is 1.27 bits per heavy atom. The number of hydrogen-bond acceptors (Lipinski definition) is 7. The van der Waals surface area contributed by atoms with Gasteiger partial charge in [-0.1, -0.05) is 18.1 Å². The number of nitrogens with two attached hydrogens (primary N) is 1. The predicted octanol–water partition coefficient (Wildman–Crippen LogP) is 0.491. The van der Waals surface area contributed by atoms with Gasteiger partial charge < -0.3 is 16.0 Å². The Kier molecular flexibility index (Phi) is 5.50. The van der Waals surface area contributed by atoms with E-state index in [-0.39, 0.29) is 17.9 Å². The third kappa shape index (κ3) is 3.65. The molecule has 9 heteroatoms. The van der Waals surface area contributed by atoms with E-state index in [0.29, 0.717) is 34.8 Å². The van der Waals surface area contributed by atoms with E-state index in [1.165, 1.54) is 6.20 Å². The zero-order valence-electron chi connectivity index (χ0n) is 16.8. The van der Waals surface area contributed by atoms with Crippen LogP contribution in [0.1, 0.15) is 17.3 Å². The molecule has 0 amide bonds. The zero-order chi connectivity index (χ0) is 21.1. The Bertz CT molecular complexity index is 1210. The maximum absolute atomic E-state index is 13.2. The lowest BCUT2D eigenvalue weighted by molar-refractivity contribution is 0.0967. The number of benzene rings is 1. The van der Waals surface area contributed by atoms with E-state index in [1.807, 2.05) is 4.57 Å². The number of carbonyl (C=O) groups is 1. The lowest BCUT2D eigenvalue weighted by Crippen LogP contribution is -2.44. The lowest BCUT2D eigenvalue weighted by atomic mass is 10.1. The van der Waals surface area contributed by atoms with Gasteiger partial charge >= 0.3 is 0 Å². The predicted molar refractivity (Wildman–Crippen MR) is 116 cm³/mol. The van der Waals surface area contributed by atoms with Crippen LogP contribution in [0.25, 0.3) is 11.0 Å². The first-order valence-corrected chi connectivity index (χ1v) is 9.79. The van der Waals surface area contributed by atoms with Crippen molar-refractivity contribution in [1.82, 2.24) is 24.6 Å². The molecule has 0 bridgehead atoms. The van der Waals surface area contributed by atoms with Gasteiger partial charge in [0.25, 0.3) is 5.56 Å². The van der Waals surface area contributed by atoms with Crippen molar-refractivity contribution in [3.05, 3.63) is 46.4 Å². The van der Waals surface area contributed by atoms with E-state index in [0.717, 1.165) is 30.9 Å². The number of imidazole rings is 1. The van der Waals surface area contributed by atoms with Crippen LogP contribution in [0.4, 0.5) is 11.6 Å². The molecule has 0 aliphatic carbocycles. The van der Waals surface area contributed by atoms with Crippen molar-refractivity contribution >= 4 is 28.5 Å². The van der Waals surface area contributed by atoms with Gasteiger partial charge in [-0.15, -0.1) is 5.92 Å². The van der Waals surface area contributed by atoms with Crippen LogP contribution in [-0.2, 0) is 13.1 Å². The summed E-state index contributed by atoms with van der Waals surface area (Å²) in [6, 6.07) is 6.80. The second-order valence-electron chi connectivity index (χ2n) is 7.01. The van der Waals surface area contributed by atoms with Crippen LogP contribution in [0.3, 0.4) is 0 Å². The van der Waals surface area contributed by atoms with Crippen molar-refractivity contribution in [3.63, 3.8) is 0 Å². The molecule has 0 saturated carbocycles. The molecular formula is C21H23N7O2. The van der Waals surface area contributed by atoms with Gasteiger partial charge in [-0.2, -0.15) is 5.10 Å². The van der Waals surface area contributed by atoms with Crippen molar-refractivity contribution < 1.29 is 4.79 Å². The van der Waals surface area contributed by atoms with Gasteiger partial charge in [-0.05, 0) is 19.1 Å². The molecule has 0 atom stereocenters. The number of fused-ring (bicyclic) bond motifs is 1. The molecule has 1 aliphatic heterocycles. The zero-order valence-corrected chi connectivity index (χ0v) is 16.8. The van der Waals surface area contributed by atoms with E-state index in [9.17, 15) is 9.59 Å². The molecule has 4 rings (SSSR count). The molecule has 0 radical (unpaired) electrons. The molecule has 1 fully saturated rings. The minimum Gasteiger partial charge on any atom is -0.398 e. The van der Waals surface area contributed by atoms with Crippen molar-refractivity contribution in [2.45, 2.75) is 20.0 Å². The molecule has 3 aromatic rings. The number of nitrogens with one attached hydrogen (secondary N) is 1. The standard InChI is InChI=1S/C21H23N7O2/c1-2-3-10-27-19-17(25-21(27)26-11-8-23-9-12-26)13-24-28(20(19)30)14-18(29)15-6-4-5-7-16(15)22/h4-7,13,23H,8-12,14,22H2,1H3. The van der Waals surface area contributed by atoms with Crippen LogP contribution in [0, 0.1) is 11.8 Å². The molecule has 1 aromatic carbocycles. The van der Waals surface area contributed by atoms with Crippen molar-refractivity contribution in [3.8, 4) is 11.8 Å². The van der Waals surface area contributed by atoms with Gasteiger partial charge in [0, 0.05) is 37.4 Å². The average Bonchev–Trinajstić information content (AvgIpc) is 3.14. The van der Waals surface area contributed by atoms with E-state index >= 15 is 0 Å². The number of para-hydroxylation sites is 1. The summed E-state index contributed by atoms with van der Waals surface area (Å²) in [4.78, 5) is 32.7. The molecule has 0 unspecified atom stereocenters. The number of nitrogen functional groups attached to an aromatic ring is 1. The van der Waals surface area contributed by atoms with Crippen LogP contribution in [0.5, 0.6) is 0 Å². The summed E-state index contributed by atoms with van der Waals surface area (Å²) in [7, 11) is 0. The Morgan fingerprint density at radius 2 is 2.03 bits per heavy atom. The van der Waals surface area contributed by atoms with Gasteiger partial charge in [0.2, 0.25) is 5.95 Å². The first kappa shape index (κ1) is 19.7. The summed E-state index contributed by atoms with van der Waals surface area (Å²) >= 11 is 0. The van der Waals surface area contributed by atoms with Gasteiger partial charge in [0.05, 0.1) is 12.7 Å². The molecule has 3 heterocycles. The highest BCUT2D eigenvalue weighted by Gasteiger charge is 2.22. The van der Waals surface area contributed by atoms with Gasteiger partial charge in [-0.3, -0.25) is 14.2 Å². The Hall–Kier alpha value is -3.64. The van der Waals surface area contributed by atoms with Crippen LogP contribution in [-0.4, -0.2) is 51.3 Å². The number of ketones is 1. The molecule has 0 spiro atoms. The van der Waals surface area contributed by atoms with Crippen LogP contribution < -0.4 is 21.5 Å². The molecule has 2 aromatic heterocycles. The molecule has 9 nitrogen and oxygen atoms in total. The van der Waals surface area contributed by atoms with E-state index in [4.69, 9.17) is 5.73 Å². The maximum atomic E-state index is 13.2. The molecule has 1 aliphatic rings. The summed E-state index contributed by atoms with van der Waals surface area (Å²) in [6.45, 7) is 5.16. The van der Waals surface area contributed by atoms with Crippen molar-refractivity contribution in [2.24, 2.45) is 0 Å². The molecular weight excluding hydrogens is 382 g/mol. The Labute approximate surface area is 173 Å². The fourth-order valence-electron chi connectivity index (χ4n) is 3.57. The highest BCUT2D eigenvalue weighted by atomic mass is 16.1. The molecule has 1 saturated heterocycles. The van der Waals surface area contributed by atoms with E-state index in [1.54, 1.807) is 31.2 Å². The molecule has 3 N–H and O–H groups in total. The highest BCUT2D eigenvalue weighted by Crippen LogP contribution is 2.20. The lowest BCUT2D eigenvalue weighted by Gasteiger charge is -2.28. The summed E-state index contributed by atoms with van der Waals surface area (Å²) in [5.41, 5.74) is 7.17. The SMILES string of the molecule is CC#CCn1c(N2CCNCC2)nc2cnn(CC(=O)c3ccccc3N)c(=O)c21. The number of hydrogen-bond donors (Lipinski definition) is 2. The maximum Gasteiger partial charge on any atom is 0.293 e. The number of carbonyl (C=O) groups excluding carboxylic acids is 1. The summed E-state index contributed by atoms with van der Waals surface area (Å²) in [6.07, 6.45) is 1.53. The number of aromatic nitrogens is 4. The van der Waals surface area contributed by atoms with Crippen LogP contribution >= 0.6 is 0 Å². The van der Waals surface area contributed by atoms with Gasteiger partial charge in [0.1, 0.15) is 17.6 Å². The van der Waals surface area contributed by atoms with Gasteiger partial charge in [-0.25, -0.2) is 9.67 Å². The summed E-state index contributed by atoms with van der Waals surface area (Å²) in [5.74, 6) is 6.32. The fourth-order valence-corrected chi connectivity index (χ4v) is 3.57. The number of Topliss-reactive ketones (excluding diaryl/α,β-unsaturated/α-hetero) is 1. The Balaban J connectivity index is 1.77. The second-order valence-corrected chi connectivity index (χ2v) is 7.01. The van der Waals surface area contributed by atoms with E-state index in [2.05, 4.69) is 32.1 Å². The monoisotopic (exact) mass is 405 g/mol. The van der Waals surface area contributed by atoms with Crippen LogP contribution in [0.2, 0.25) is 0 Å². The third-order valence-corrected chi connectivity index (χ3v) is 5.10. The number of rotatable bonds is 5. The Morgan fingerprint density at radius 3 is 2.77 bits per heavy atom. The van der Waals surface area contributed by atoms with Crippen LogP contribution in [0.15, 0.2) is 35.3 Å². The van der Waals surface area contributed by atoms with Gasteiger partial charge in [0.15, 0.2) is 5.78 Å². The number of anilines is 2. The highest BCUT2D eigenvalue weighted by molar-refractivity contribution is 6.00. The van der Waals surface area contributed by atoms with E-state index < -0.39 is 0 Å². The minimum atomic E-state index is -0.373. The number of piperazine rings is 1. The quantitative estimate of drug-likeness (QED) is 0.361. The third-order valence-electron chi connectivity index (χ3n) is 5.10. The molecule has 154 valence electrons. The summed E-state index contributed by atoms with van der Waals surface area (Å²) in [5, 5.41) is 7.49. The average molecular weight is 405 g/mol. The second kappa shape index (κ2) is 8.39. The van der Waals surface area contributed by atoms with Crippen molar-refractivity contribution in [2.75, 3.05) is 36.8 Å². The minimum absolute atomic E-state index is 0.198. The summed E-state index contributed by atoms with van der Waals surface area (Å²) < 4.78 is 2.98. The molecule has 30 heavy (non-hydrogen) atoms.